The van der Waals surface area contributed by atoms with Crippen LogP contribution in [-0.4, -0.2) is 17.3 Å². The van der Waals surface area contributed by atoms with Crippen LogP contribution in [0.2, 0.25) is 0 Å². The maximum atomic E-state index is 13.0. The lowest BCUT2D eigenvalue weighted by atomic mass is 9.91. The van der Waals surface area contributed by atoms with Gasteiger partial charge in [0.1, 0.15) is 5.82 Å². The van der Waals surface area contributed by atoms with Crippen molar-refractivity contribution in [1.29, 1.82) is 0 Å². The minimum Gasteiger partial charge on any atom is -0.393 e. The van der Waals surface area contributed by atoms with Gasteiger partial charge in [-0.2, -0.15) is 0 Å². The van der Waals surface area contributed by atoms with Crippen LogP contribution >= 0.6 is 0 Å². The maximum absolute atomic E-state index is 13.0. The number of halogens is 1. The predicted octanol–water partition coefficient (Wildman–Crippen LogP) is 3.17. The minimum absolute atomic E-state index is 0.153. The number of nitrogens with one attached hydrogen (secondary N) is 1. The lowest BCUT2D eigenvalue weighted by Gasteiger charge is -2.31. The molecule has 3 atom stereocenters. The van der Waals surface area contributed by atoms with Crippen LogP contribution in [0.3, 0.4) is 0 Å². The highest BCUT2D eigenvalue weighted by Crippen LogP contribution is 2.41. The first-order chi connectivity index (χ1) is 9.22. The molecule has 3 rings (SSSR count). The molecular formula is C16H22FNO. The minimum atomic E-state index is -0.175. The predicted molar refractivity (Wildman–Crippen MR) is 73.3 cm³/mol. The van der Waals surface area contributed by atoms with Gasteiger partial charge in [-0.05, 0) is 62.1 Å². The topological polar surface area (TPSA) is 32.3 Å². The molecular weight excluding hydrogens is 241 g/mol. The summed E-state index contributed by atoms with van der Waals surface area (Å²) < 4.78 is 13.0. The van der Waals surface area contributed by atoms with E-state index in [9.17, 15) is 9.50 Å². The van der Waals surface area contributed by atoms with E-state index in [-0.39, 0.29) is 11.9 Å². The van der Waals surface area contributed by atoms with Gasteiger partial charge in [0.05, 0.1) is 6.10 Å². The van der Waals surface area contributed by atoms with Crippen LogP contribution in [0.25, 0.3) is 0 Å². The normalized spacial score (nSPS) is 29.2. The summed E-state index contributed by atoms with van der Waals surface area (Å²) in [6, 6.07) is 7.61. The van der Waals surface area contributed by atoms with Crippen molar-refractivity contribution in [3.05, 3.63) is 35.6 Å². The number of benzene rings is 1. The molecule has 0 heterocycles. The van der Waals surface area contributed by atoms with Crippen molar-refractivity contribution in [2.24, 2.45) is 5.92 Å². The fourth-order valence-electron chi connectivity index (χ4n) is 3.17. The summed E-state index contributed by atoms with van der Waals surface area (Å²) in [5.41, 5.74) is 1.18. The average molecular weight is 263 g/mol. The lowest BCUT2D eigenvalue weighted by Crippen LogP contribution is -2.39. The Labute approximate surface area is 114 Å². The summed E-state index contributed by atoms with van der Waals surface area (Å²) in [5.74, 6) is 0.510. The monoisotopic (exact) mass is 263 g/mol. The average Bonchev–Trinajstić information content (AvgIpc) is 3.22. The molecule has 104 valence electrons. The van der Waals surface area contributed by atoms with Crippen molar-refractivity contribution in [2.75, 3.05) is 0 Å². The summed E-state index contributed by atoms with van der Waals surface area (Å²) in [6.07, 6.45) is 6.38. The van der Waals surface area contributed by atoms with E-state index in [4.69, 9.17) is 0 Å². The van der Waals surface area contributed by atoms with Gasteiger partial charge in [0.25, 0.3) is 0 Å². The molecule has 1 aromatic rings. The second-order valence-electron chi connectivity index (χ2n) is 6.05. The van der Waals surface area contributed by atoms with Crippen molar-refractivity contribution in [3.8, 4) is 0 Å². The molecule has 0 aromatic heterocycles. The molecule has 2 fully saturated rings. The third kappa shape index (κ3) is 3.34. The zero-order valence-corrected chi connectivity index (χ0v) is 11.2. The number of hydrogen-bond donors (Lipinski definition) is 2. The Balaban J connectivity index is 1.69. The first kappa shape index (κ1) is 13.1. The van der Waals surface area contributed by atoms with Crippen LogP contribution in [-0.2, 0) is 0 Å². The SMILES string of the molecule is OC1CCCC(NC(c2ccc(F)cc2)C2CC2)C1. The van der Waals surface area contributed by atoms with Gasteiger partial charge in [-0.1, -0.05) is 12.1 Å². The van der Waals surface area contributed by atoms with Crippen LogP contribution in [0, 0.1) is 11.7 Å². The Kier molecular flexibility index (Phi) is 3.85. The lowest BCUT2D eigenvalue weighted by molar-refractivity contribution is 0.107. The molecule has 3 unspecified atom stereocenters. The van der Waals surface area contributed by atoms with E-state index in [0.717, 1.165) is 25.7 Å². The smallest absolute Gasteiger partial charge is 0.123 e. The van der Waals surface area contributed by atoms with Crippen molar-refractivity contribution < 1.29 is 9.50 Å². The van der Waals surface area contributed by atoms with E-state index in [1.54, 1.807) is 12.1 Å². The van der Waals surface area contributed by atoms with E-state index in [2.05, 4.69) is 5.32 Å². The summed E-state index contributed by atoms with van der Waals surface area (Å²) in [5, 5.41) is 13.5. The van der Waals surface area contributed by atoms with E-state index < -0.39 is 0 Å². The van der Waals surface area contributed by atoms with Crippen molar-refractivity contribution in [1.82, 2.24) is 5.32 Å². The molecule has 0 bridgehead atoms. The van der Waals surface area contributed by atoms with Gasteiger partial charge < -0.3 is 10.4 Å². The first-order valence-corrected chi connectivity index (χ1v) is 7.42. The summed E-state index contributed by atoms with van der Waals surface area (Å²) >= 11 is 0. The number of aliphatic hydroxyl groups is 1. The Morgan fingerprint density at radius 1 is 1.11 bits per heavy atom. The van der Waals surface area contributed by atoms with E-state index in [0.29, 0.717) is 18.0 Å². The molecule has 0 saturated heterocycles. The molecule has 19 heavy (non-hydrogen) atoms. The van der Waals surface area contributed by atoms with Crippen molar-refractivity contribution in [2.45, 2.75) is 56.7 Å². The van der Waals surface area contributed by atoms with Gasteiger partial charge in [0, 0.05) is 12.1 Å². The van der Waals surface area contributed by atoms with Crippen LogP contribution in [0.5, 0.6) is 0 Å². The summed E-state index contributed by atoms with van der Waals surface area (Å²) in [7, 11) is 0. The summed E-state index contributed by atoms with van der Waals surface area (Å²) in [4.78, 5) is 0. The van der Waals surface area contributed by atoms with Gasteiger partial charge in [0.2, 0.25) is 0 Å². The fourth-order valence-corrected chi connectivity index (χ4v) is 3.17. The highest BCUT2D eigenvalue weighted by molar-refractivity contribution is 5.22. The highest BCUT2D eigenvalue weighted by atomic mass is 19.1. The molecule has 0 amide bonds. The van der Waals surface area contributed by atoms with Gasteiger partial charge >= 0.3 is 0 Å². The number of rotatable bonds is 4. The Morgan fingerprint density at radius 2 is 1.84 bits per heavy atom. The molecule has 1 aromatic carbocycles. The van der Waals surface area contributed by atoms with Gasteiger partial charge in [0.15, 0.2) is 0 Å². The maximum Gasteiger partial charge on any atom is 0.123 e. The van der Waals surface area contributed by atoms with Crippen LogP contribution in [0.1, 0.15) is 50.1 Å². The molecule has 2 N–H and O–H groups in total. The first-order valence-electron chi connectivity index (χ1n) is 7.42. The van der Waals surface area contributed by atoms with E-state index >= 15 is 0 Å². The van der Waals surface area contributed by atoms with Crippen molar-refractivity contribution >= 4 is 0 Å². The molecule has 3 heteroatoms. The molecule has 0 radical (unpaired) electrons. The fraction of sp³-hybridized carbons (Fsp3) is 0.625. The summed E-state index contributed by atoms with van der Waals surface area (Å²) in [6.45, 7) is 0. The molecule has 2 aliphatic carbocycles. The quantitative estimate of drug-likeness (QED) is 0.874. The van der Waals surface area contributed by atoms with E-state index in [1.807, 2.05) is 12.1 Å². The Morgan fingerprint density at radius 3 is 2.47 bits per heavy atom. The van der Waals surface area contributed by atoms with Crippen molar-refractivity contribution in [3.63, 3.8) is 0 Å². The molecule has 0 aliphatic heterocycles. The molecule has 0 spiro atoms. The standard InChI is InChI=1S/C16H22FNO/c17-13-8-6-12(7-9-13)16(11-4-5-11)18-14-2-1-3-15(19)10-14/h6-9,11,14-16,18-19H,1-5,10H2. The van der Waals surface area contributed by atoms with E-state index in [1.165, 1.54) is 18.4 Å². The largest absolute Gasteiger partial charge is 0.393 e. The molecule has 2 aliphatic rings. The second-order valence-corrected chi connectivity index (χ2v) is 6.05. The Hall–Kier alpha value is -0.930. The van der Waals surface area contributed by atoms with Gasteiger partial charge in [-0.3, -0.25) is 0 Å². The highest BCUT2D eigenvalue weighted by Gasteiger charge is 2.34. The van der Waals surface area contributed by atoms with Crippen LogP contribution < -0.4 is 5.32 Å². The Bertz CT molecular complexity index is 415. The molecule has 2 saturated carbocycles. The zero-order valence-electron chi connectivity index (χ0n) is 11.2. The third-order valence-electron chi connectivity index (χ3n) is 4.38. The zero-order chi connectivity index (χ0) is 13.2. The third-order valence-corrected chi connectivity index (χ3v) is 4.38. The van der Waals surface area contributed by atoms with Crippen LogP contribution in [0.15, 0.2) is 24.3 Å². The van der Waals surface area contributed by atoms with Gasteiger partial charge in [-0.25, -0.2) is 4.39 Å². The second kappa shape index (κ2) is 5.59. The van der Waals surface area contributed by atoms with Crippen LogP contribution in [0.4, 0.5) is 4.39 Å². The molecule has 2 nitrogen and oxygen atoms in total. The number of aliphatic hydroxyl groups excluding tert-OH is 1. The number of hydrogen-bond acceptors (Lipinski definition) is 2. The van der Waals surface area contributed by atoms with Gasteiger partial charge in [-0.15, -0.1) is 0 Å².